The molecule has 0 spiro atoms. The van der Waals surface area contributed by atoms with Crippen molar-refractivity contribution in [3.05, 3.63) is 34.3 Å². The predicted octanol–water partition coefficient (Wildman–Crippen LogP) is 1.11. The highest BCUT2D eigenvalue weighted by atomic mass is 79.9. The maximum absolute atomic E-state index is 11.3. The normalized spacial score (nSPS) is 29.8. The molecule has 1 aromatic carbocycles. The fourth-order valence-corrected chi connectivity index (χ4v) is 2.99. The van der Waals surface area contributed by atoms with Gasteiger partial charge < -0.3 is 24.4 Å². The first-order chi connectivity index (χ1) is 11.3. The summed E-state index contributed by atoms with van der Waals surface area (Å²) in [5.74, 6) is -1.16. The van der Waals surface area contributed by atoms with Crippen LogP contribution in [0.4, 0.5) is 0 Å². The monoisotopic (exact) mass is 402 g/mol. The van der Waals surface area contributed by atoms with Gasteiger partial charge in [-0.2, -0.15) is 0 Å². The average molecular weight is 403 g/mol. The minimum atomic E-state index is -1.38. The summed E-state index contributed by atoms with van der Waals surface area (Å²) in [4.78, 5) is 22.3. The lowest BCUT2D eigenvalue weighted by Gasteiger charge is -2.42. The molecule has 0 saturated carbocycles. The average Bonchev–Trinajstić information content (AvgIpc) is 2.50. The van der Waals surface area contributed by atoms with Crippen molar-refractivity contribution in [1.29, 1.82) is 0 Å². The number of rotatable bonds is 4. The standard InChI is InChI=1S/C16H19BrO7/c1-8(18)22-7-12-16(23-9(2)19)14(21)13(20)15(24-12)10-4-3-5-11(17)6-10/h3-6,12-16,20-21H,7H2,1-2H3/t12-,13+,14-,15-,16-/m1/s1. The van der Waals surface area contributed by atoms with Crippen molar-refractivity contribution in [2.24, 2.45) is 0 Å². The maximum atomic E-state index is 11.3. The molecule has 1 aromatic rings. The number of benzene rings is 1. The van der Waals surface area contributed by atoms with Crippen molar-refractivity contribution in [2.75, 3.05) is 6.61 Å². The first kappa shape index (κ1) is 18.9. The fraction of sp³-hybridized carbons (Fsp3) is 0.500. The third-order valence-corrected chi connectivity index (χ3v) is 4.11. The van der Waals surface area contributed by atoms with Crippen LogP contribution < -0.4 is 0 Å². The number of carbonyl (C=O) groups excluding carboxylic acids is 2. The molecule has 1 heterocycles. The molecule has 2 N–H and O–H groups in total. The highest BCUT2D eigenvalue weighted by Crippen LogP contribution is 2.34. The van der Waals surface area contributed by atoms with E-state index in [4.69, 9.17) is 14.2 Å². The van der Waals surface area contributed by atoms with Gasteiger partial charge in [0, 0.05) is 18.3 Å². The Hall–Kier alpha value is -1.48. The topological polar surface area (TPSA) is 102 Å². The zero-order valence-electron chi connectivity index (χ0n) is 13.2. The van der Waals surface area contributed by atoms with Crippen LogP contribution >= 0.6 is 15.9 Å². The maximum Gasteiger partial charge on any atom is 0.303 e. The molecule has 1 aliphatic heterocycles. The van der Waals surface area contributed by atoms with E-state index in [2.05, 4.69) is 15.9 Å². The van der Waals surface area contributed by atoms with Gasteiger partial charge in [-0.3, -0.25) is 9.59 Å². The molecule has 5 atom stereocenters. The van der Waals surface area contributed by atoms with Crippen molar-refractivity contribution >= 4 is 27.9 Å². The fourth-order valence-electron chi connectivity index (χ4n) is 2.57. The van der Waals surface area contributed by atoms with Gasteiger partial charge in [0.15, 0.2) is 6.10 Å². The van der Waals surface area contributed by atoms with Crippen LogP contribution in [0.2, 0.25) is 0 Å². The molecule has 1 saturated heterocycles. The summed E-state index contributed by atoms with van der Waals surface area (Å²) in [6, 6.07) is 7.06. The van der Waals surface area contributed by atoms with Crippen molar-refractivity contribution in [3.8, 4) is 0 Å². The van der Waals surface area contributed by atoms with Crippen LogP contribution in [0, 0.1) is 0 Å². The summed E-state index contributed by atoms with van der Waals surface area (Å²) in [7, 11) is 0. The van der Waals surface area contributed by atoms with Gasteiger partial charge in [-0.25, -0.2) is 0 Å². The summed E-state index contributed by atoms with van der Waals surface area (Å²) in [5, 5.41) is 20.7. The molecule has 132 valence electrons. The molecule has 1 fully saturated rings. The van der Waals surface area contributed by atoms with E-state index in [1.165, 1.54) is 13.8 Å². The van der Waals surface area contributed by atoms with Crippen LogP contribution in [0.1, 0.15) is 25.5 Å². The Bertz CT molecular complexity index is 606. The van der Waals surface area contributed by atoms with Crippen molar-refractivity contribution in [2.45, 2.75) is 44.4 Å². The van der Waals surface area contributed by atoms with Crippen molar-refractivity contribution in [3.63, 3.8) is 0 Å². The van der Waals surface area contributed by atoms with Gasteiger partial charge in [-0.15, -0.1) is 0 Å². The second-order valence-corrected chi connectivity index (χ2v) is 6.42. The number of esters is 2. The third-order valence-electron chi connectivity index (χ3n) is 3.61. The molecule has 8 heteroatoms. The molecule has 0 radical (unpaired) electrons. The second kappa shape index (κ2) is 8.06. The lowest BCUT2D eigenvalue weighted by Crippen LogP contribution is -2.57. The Morgan fingerprint density at radius 1 is 1.21 bits per heavy atom. The summed E-state index contributed by atoms with van der Waals surface area (Å²) in [5.41, 5.74) is 0.630. The zero-order chi connectivity index (χ0) is 17.9. The first-order valence-corrected chi connectivity index (χ1v) is 8.16. The second-order valence-electron chi connectivity index (χ2n) is 5.51. The van der Waals surface area contributed by atoms with Gasteiger partial charge in [0.05, 0.1) is 0 Å². The largest absolute Gasteiger partial charge is 0.463 e. The van der Waals surface area contributed by atoms with Crippen LogP contribution in [0.3, 0.4) is 0 Å². The summed E-state index contributed by atoms with van der Waals surface area (Å²) < 4.78 is 16.5. The van der Waals surface area contributed by atoms with Crippen molar-refractivity contribution < 1.29 is 34.0 Å². The number of ether oxygens (including phenoxy) is 3. The van der Waals surface area contributed by atoms with Crippen LogP contribution in [-0.4, -0.2) is 53.2 Å². The number of aliphatic hydroxyl groups excluding tert-OH is 2. The van der Waals surface area contributed by atoms with E-state index in [-0.39, 0.29) is 6.61 Å². The predicted molar refractivity (Wildman–Crippen MR) is 86.0 cm³/mol. The molecular formula is C16H19BrO7. The van der Waals surface area contributed by atoms with Gasteiger partial charge in [0.2, 0.25) is 0 Å². The van der Waals surface area contributed by atoms with Crippen LogP contribution in [0.25, 0.3) is 0 Å². The first-order valence-electron chi connectivity index (χ1n) is 7.37. The van der Waals surface area contributed by atoms with Gasteiger partial charge in [-0.05, 0) is 17.7 Å². The Kier molecular flexibility index (Phi) is 6.34. The summed E-state index contributed by atoms with van der Waals surface area (Å²) in [6.07, 6.45) is -5.59. The smallest absolute Gasteiger partial charge is 0.303 e. The van der Waals surface area contributed by atoms with Crippen LogP contribution in [-0.2, 0) is 23.8 Å². The number of hydrogen-bond donors (Lipinski definition) is 2. The van der Waals surface area contributed by atoms with E-state index < -0.39 is 42.5 Å². The minimum Gasteiger partial charge on any atom is -0.463 e. The number of carbonyl (C=O) groups is 2. The van der Waals surface area contributed by atoms with Crippen molar-refractivity contribution in [1.82, 2.24) is 0 Å². The Morgan fingerprint density at radius 2 is 1.92 bits per heavy atom. The Labute approximate surface area is 147 Å². The number of aliphatic hydroxyl groups is 2. The van der Waals surface area contributed by atoms with E-state index in [0.29, 0.717) is 5.56 Å². The number of hydrogen-bond acceptors (Lipinski definition) is 7. The lowest BCUT2D eigenvalue weighted by atomic mass is 9.91. The van der Waals surface area contributed by atoms with E-state index in [0.717, 1.165) is 4.47 Å². The van der Waals surface area contributed by atoms with Gasteiger partial charge in [0.25, 0.3) is 0 Å². The van der Waals surface area contributed by atoms with Gasteiger partial charge in [0.1, 0.15) is 31.0 Å². The number of halogens is 1. The quantitative estimate of drug-likeness (QED) is 0.726. The van der Waals surface area contributed by atoms with Crippen LogP contribution in [0.5, 0.6) is 0 Å². The van der Waals surface area contributed by atoms with Gasteiger partial charge in [-0.1, -0.05) is 28.1 Å². The summed E-state index contributed by atoms with van der Waals surface area (Å²) >= 11 is 3.33. The summed E-state index contributed by atoms with van der Waals surface area (Å²) in [6.45, 7) is 2.21. The SMILES string of the molecule is CC(=O)OC[C@H]1O[C@H](c2cccc(Br)c2)[C@@H](O)[C@@H](O)[C@@H]1OC(C)=O. The minimum absolute atomic E-state index is 0.207. The van der Waals surface area contributed by atoms with Crippen LogP contribution in [0.15, 0.2) is 28.7 Å². The highest BCUT2D eigenvalue weighted by molar-refractivity contribution is 9.10. The zero-order valence-corrected chi connectivity index (χ0v) is 14.8. The molecule has 24 heavy (non-hydrogen) atoms. The van der Waals surface area contributed by atoms with E-state index >= 15 is 0 Å². The molecule has 2 rings (SSSR count). The molecule has 0 aliphatic carbocycles. The van der Waals surface area contributed by atoms with E-state index in [1.54, 1.807) is 18.2 Å². The third kappa shape index (κ3) is 4.54. The molecule has 0 aromatic heterocycles. The molecule has 7 nitrogen and oxygen atoms in total. The highest BCUT2D eigenvalue weighted by Gasteiger charge is 2.47. The molecule has 0 unspecified atom stereocenters. The molecule has 0 bridgehead atoms. The molecular weight excluding hydrogens is 384 g/mol. The van der Waals surface area contributed by atoms with E-state index in [9.17, 15) is 19.8 Å². The molecule has 0 amide bonds. The Balaban J connectivity index is 2.26. The lowest BCUT2D eigenvalue weighted by molar-refractivity contribution is -0.242. The Morgan fingerprint density at radius 3 is 2.50 bits per heavy atom. The molecule has 1 aliphatic rings. The van der Waals surface area contributed by atoms with E-state index in [1.807, 2.05) is 6.07 Å². The van der Waals surface area contributed by atoms with Gasteiger partial charge >= 0.3 is 11.9 Å².